The Balaban J connectivity index is 1.85. The molecule has 1 aliphatic heterocycles. The smallest absolute Gasteiger partial charge is 0.422 e. The maximum absolute atomic E-state index is 12.5. The largest absolute Gasteiger partial charge is 0.484 e. The van der Waals surface area contributed by atoms with Gasteiger partial charge in [-0.3, -0.25) is 9.89 Å². The lowest BCUT2D eigenvalue weighted by Crippen LogP contribution is -2.40. The van der Waals surface area contributed by atoms with Gasteiger partial charge < -0.3 is 15.4 Å². The van der Waals surface area contributed by atoms with Gasteiger partial charge in [0.1, 0.15) is 5.75 Å². The van der Waals surface area contributed by atoms with E-state index in [1.54, 1.807) is 19.1 Å². The second-order valence-corrected chi connectivity index (χ2v) is 7.33. The molecule has 5 nitrogen and oxygen atoms in total. The number of halogens is 6. The van der Waals surface area contributed by atoms with Gasteiger partial charge in [0.2, 0.25) is 0 Å². The normalized spacial score (nSPS) is 18.5. The van der Waals surface area contributed by atoms with E-state index in [0.29, 0.717) is 37.6 Å². The number of ether oxygens (including phenoxy) is 1. The topological polar surface area (TPSA) is 48.9 Å². The molecule has 0 bridgehead atoms. The van der Waals surface area contributed by atoms with Crippen LogP contribution < -0.4 is 15.4 Å². The molecule has 1 heterocycles. The molecule has 2 N–H and O–H groups in total. The van der Waals surface area contributed by atoms with Crippen LogP contribution in [0.2, 0.25) is 0 Å². The Labute approximate surface area is 171 Å². The summed E-state index contributed by atoms with van der Waals surface area (Å²) < 4.78 is 79.8. The summed E-state index contributed by atoms with van der Waals surface area (Å²) in [5.74, 6) is 0.594. The minimum Gasteiger partial charge on any atom is -0.484 e. The summed E-state index contributed by atoms with van der Waals surface area (Å²) in [5, 5.41) is 6.06. The molecule has 0 amide bonds. The molecule has 1 unspecified atom stereocenters. The van der Waals surface area contributed by atoms with Gasteiger partial charge in [0.25, 0.3) is 0 Å². The highest BCUT2D eigenvalue weighted by Gasteiger charge is 2.34. The molecule has 0 spiro atoms. The monoisotopic (exact) mass is 440 g/mol. The van der Waals surface area contributed by atoms with Crippen molar-refractivity contribution >= 4 is 5.96 Å². The van der Waals surface area contributed by atoms with Crippen molar-refractivity contribution in [3.05, 3.63) is 29.3 Å². The second-order valence-electron chi connectivity index (χ2n) is 7.33. The highest BCUT2D eigenvalue weighted by Crippen LogP contribution is 2.24. The third-order valence-corrected chi connectivity index (χ3v) is 4.61. The summed E-state index contributed by atoms with van der Waals surface area (Å²) >= 11 is 0. The number of hydrogen-bond acceptors (Lipinski definition) is 3. The summed E-state index contributed by atoms with van der Waals surface area (Å²) in [6, 6.07) is 4.97. The summed E-state index contributed by atoms with van der Waals surface area (Å²) in [6.07, 6.45) is -8.00. The van der Waals surface area contributed by atoms with Crippen LogP contribution >= 0.6 is 0 Å². The van der Waals surface area contributed by atoms with Gasteiger partial charge in [0, 0.05) is 32.2 Å². The molecule has 1 aliphatic rings. The van der Waals surface area contributed by atoms with Crippen LogP contribution in [0.3, 0.4) is 0 Å². The molecule has 1 aromatic carbocycles. The SMILES string of the molecule is CN=C(NCc1ccc(C)cc1OCC(F)(F)F)NCC1CCN(CC(F)(F)F)C1. The molecule has 0 radical (unpaired) electrons. The first-order chi connectivity index (χ1) is 13.9. The molecule has 1 aromatic rings. The first kappa shape index (κ1) is 24.1. The van der Waals surface area contributed by atoms with E-state index >= 15 is 0 Å². The van der Waals surface area contributed by atoms with Crippen LogP contribution in [0.15, 0.2) is 23.2 Å². The quantitative estimate of drug-likeness (QED) is 0.387. The number of aliphatic imine (C=N–C) groups is 1. The van der Waals surface area contributed by atoms with E-state index in [9.17, 15) is 26.3 Å². The molecule has 1 fully saturated rings. The lowest BCUT2D eigenvalue weighted by atomic mass is 10.1. The van der Waals surface area contributed by atoms with E-state index in [1.165, 1.54) is 18.0 Å². The van der Waals surface area contributed by atoms with Crippen LogP contribution in [-0.2, 0) is 6.54 Å². The van der Waals surface area contributed by atoms with E-state index in [-0.39, 0.29) is 18.2 Å². The molecular formula is C19H26F6N4O. The van der Waals surface area contributed by atoms with Crippen LogP contribution in [0.5, 0.6) is 5.75 Å². The zero-order chi connectivity index (χ0) is 22.4. The Bertz CT molecular complexity index is 720. The predicted molar refractivity (Wildman–Crippen MR) is 102 cm³/mol. The van der Waals surface area contributed by atoms with Gasteiger partial charge in [-0.2, -0.15) is 26.3 Å². The zero-order valence-corrected chi connectivity index (χ0v) is 16.8. The average molecular weight is 440 g/mol. The first-order valence-electron chi connectivity index (χ1n) is 9.48. The number of nitrogens with one attached hydrogen (secondary N) is 2. The van der Waals surface area contributed by atoms with Gasteiger partial charge in [-0.15, -0.1) is 0 Å². The summed E-state index contributed by atoms with van der Waals surface area (Å²) in [5.41, 5.74) is 1.30. The Hall–Kier alpha value is -2.17. The Kier molecular flexibility index (Phi) is 8.22. The Morgan fingerprint density at radius 3 is 2.53 bits per heavy atom. The van der Waals surface area contributed by atoms with Crippen molar-refractivity contribution in [1.82, 2.24) is 15.5 Å². The van der Waals surface area contributed by atoms with Crippen molar-refractivity contribution in [2.24, 2.45) is 10.9 Å². The highest BCUT2D eigenvalue weighted by molar-refractivity contribution is 5.79. The summed E-state index contributed by atoms with van der Waals surface area (Å²) in [7, 11) is 1.54. The van der Waals surface area contributed by atoms with E-state index in [2.05, 4.69) is 15.6 Å². The van der Waals surface area contributed by atoms with E-state index in [1.807, 2.05) is 0 Å². The number of likely N-dealkylation sites (tertiary alicyclic amines) is 1. The van der Waals surface area contributed by atoms with Crippen molar-refractivity contribution < 1.29 is 31.1 Å². The summed E-state index contributed by atoms with van der Waals surface area (Å²) in [4.78, 5) is 5.43. The van der Waals surface area contributed by atoms with Crippen molar-refractivity contribution in [3.63, 3.8) is 0 Å². The van der Waals surface area contributed by atoms with Crippen LogP contribution in [0.4, 0.5) is 26.3 Å². The van der Waals surface area contributed by atoms with Crippen LogP contribution in [0.1, 0.15) is 17.5 Å². The maximum atomic E-state index is 12.5. The number of benzene rings is 1. The molecule has 0 aliphatic carbocycles. The molecule has 1 saturated heterocycles. The van der Waals surface area contributed by atoms with Gasteiger partial charge in [0.05, 0.1) is 6.54 Å². The molecule has 30 heavy (non-hydrogen) atoms. The van der Waals surface area contributed by atoms with E-state index in [4.69, 9.17) is 4.74 Å². The molecule has 1 atom stereocenters. The first-order valence-corrected chi connectivity index (χ1v) is 9.48. The van der Waals surface area contributed by atoms with Gasteiger partial charge in [-0.25, -0.2) is 0 Å². The van der Waals surface area contributed by atoms with Gasteiger partial charge in [-0.1, -0.05) is 12.1 Å². The van der Waals surface area contributed by atoms with Crippen LogP contribution in [-0.4, -0.2) is 63.0 Å². The fourth-order valence-corrected chi connectivity index (χ4v) is 3.22. The minimum absolute atomic E-state index is 0.0518. The Morgan fingerprint density at radius 2 is 1.90 bits per heavy atom. The van der Waals surface area contributed by atoms with Gasteiger partial charge in [-0.05, 0) is 37.4 Å². The predicted octanol–water partition coefficient (Wildman–Crippen LogP) is 3.49. The standard InChI is InChI=1S/C19H26F6N4O/c1-13-3-4-15(16(7-13)30-12-19(23,24)25)9-28-17(26-2)27-8-14-5-6-29(10-14)11-18(20,21)22/h3-4,7,14H,5-6,8-12H2,1-2H3,(H2,26,27,28). The zero-order valence-electron chi connectivity index (χ0n) is 16.8. The number of aryl methyl sites for hydroxylation is 1. The third kappa shape index (κ3) is 8.68. The van der Waals surface area contributed by atoms with Crippen molar-refractivity contribution in [1.29, 1.82) is 0 Å². The van der Waals surface area contributed by atoms with Gasteiger partial charge >= 0.3 is 12.4 Å². The number of nitrogens with zero attached hydrogens (tertiary/aromatic N) is 2. The maximum Gasteiger partial charge on any atom is 0.422 e. The van der Waals surface area contributed by atoms with Crippen molar-refractivity contribution in [2.75, 3.05) is 39.8 Å². The molecule has 0 aromatic heterocycles. The number of alkyl halides is 6. The van der Waals surface area contributed by atoms with Crippen molar-refractivity contribution in [3.8, 4) is 5.75 Å². The Morgan fingerprint density at radius 1 is 1.17 bits per heavy atom. The molecule has 170 valence electrons. The average Bonchev–Trinajstić information content (AvgIpc) is 3.06. The van der Waals surface area contributed by atoms with Crippen LogP contribution in [0.25, 0.3) is 0 Å². The van der Waals surface area contributed by atoms with Gasteiger partial charge in [0.15, 0.2) is 12.6 Å². The second kappa shape index (κ2) is 10.2. The fourth-order valence-electron chi connectivity index (χ4n) is 3.22. The molecule has 11 heteroatoms. The van der Waals surface area contributed by atoms with Crippen LogP contribution in [0, 0.1) is 12.8 Å². The lowest BCUT2D eigenvalue weighted by Gasteiger charge is -2.19. The fraction of sp³-hybridized carbons (Fsp3) is 0.632. The molecule has 2 rings (SSSR count). The lowest BCUT2D eigenvalue weighted by molar-refractivity contribution is -0.153. The molecular weight excluding hydrogens is 414 g/mol. The van der Waals surface area contributed by atoms with Crippen molar-refractivity contribution in [2.45, 2.75) is 32.2 Å². The summed E-state index contributed by atoms with van der Waals surface area (Å²) in [6.45, 7) is 0.814. The van der Waals surface area contributed by atoms with E-state index < -0.39 is 25.5 Å². The number of guanidine groups is 1. The van der Waals surface area contributed by atoms with E-state index in [0.717, 1.165) is 5.56 Å². The number of hydrogen-bond donors (Lipinski definition) is 2. The number of rotatable bonds is 7. The minimum atomic E-state index is -4.44. The third-order valence-electron chi connectivity index (χ3n) is 4.61. The molecule has 0 saturated carbocycles. The highest BCUT2D eigenvalue weighted by atomic mass is 19.4.